The van der Waals surface area contributed by atoms with Crippen molar-refractivity contribution in [1.29, 1.82) is 0 Å². The lowest BCUT2D eigenvalue weighted by molar-refractivity contribution is 0.302. The quantitative estimate of drug-likeness (QED) is 0.872. The Morgan fingerprint density at radius 3 is 2.39 bits per heavy atom. The highest BCUT2D eigenvalue weighted by molar-refractivity contribution is 5.34. The zero-order valence-electron chi connectivity index (χ0n) is 10.7. The molecule has 0 fully saturated rings. The molecule has 0 aromatic heterocycles. The van der Waals surface area contributed by atoms with Gasteiger partial charge in [0.15, 0.2) is 0 Å². The van der Waals surface area contributed by atoms with Crippen molar-refractivity contribution < 1.29 is 4.74 Å². The highest BCUT2D eigenvalue weighted by Gasteiger charge is 2.05. The van der Waals surface area contributed by atoms with Gasteiger partial charge in [-0.3, -0.25) is 0 Å². The fraction of sp³-hybridized carbons (Fsp3) is 0.250. The molecule has 0 aliphatic carbocycles. The Labute approximate surface area is 108 Å². The molecule has 2 aromatic rings. The minimum Gasteiger partial charge on any atom is -0.489 e. The van der Waals surface area contributed by atoms with E-state index in [0.29, 0.717) is 6.61 Å². The van der Waals surface area contributed by atoms with Crippen molar-refractivity contribution in [1.82, 2.24) is 0 Å². The van der Waals surface area contributed by atoms with Crippen LogP contribution in [-0.4, -0.2) is 6.04 Å². The molecule has 0 radical (unpaired) electrons. The maximum Gasteiger partial charge on any atom is 0.123 e. The Morgan fingerprint density at radius 1 is 1.00 bits per heavy atom. The van der Waals surface area contributed by atoms with E-state index in [4.69, 9.17) is 10.5 Å². The van der Waals surface area contributed by atoms with Gasteiger partial charge in [0.25, 0.3) is 0 Å². The summed E-state index contributed by atoms with van der Waals surface area (Å²) in [6.45, 7) is 2.60. The van der Waals surface area contributed by atoms with Gasteiger partial charge in [-0.05, 0) is 30.5 Å². The monoisotopic (exact) mass is 241 g/mol. The molecular weight excluding hydrogens is 222 g/mol. The SMILES string of the molecule is CC(N)Cc1ccccc1OCc1ccccc1. The molecule has 0 amide bonds. The van der Waals surface area contributed by atoms with Gasteiger partial charge in [0.2, 0.25) is 0 Å². The van der Waals surface area contributed by atoms with Crippen LogP contribution in [0.1, 0.15) is 18.1 Å². The van der Waals surface area contributed by atoms with Crippen LogP contribution in [0.5, 0.6) is 5.75 Å². The van der Waals surface area contributed by atoms with Gasteiger partial charge in [0, 0.05) is 6.04 Å². The molecule has 0 saturated carbocycles. The topological polar surface area (TPSA) is 35.2 Å². The number of ether oxygens (including phenoxy) is 1. The zero-order chi connectivity index (χ0) is 12.8. The fourth-order valence-electron chi connectivity index (χ4n) is 1.90. The molecule has 0 aliphatic rings. The second-order valence-electron chi connectivity index (χ2n) is 4.56. The molecule has 94 valence electrons. The first-order chi connectivity index (χ1) is 8.75. The van der Waals surface area contributed by atoms with Crippen molar-refractivity contribution in [3.05, 3.63) is 65.7 Å². The normalized spacial score (nSPS) is 12.1. The van der Waals surface area contributed by atoms with E-state index < -0.39 is 0 Å². The Kier molecular flexibility index (Phi) is 4.37. The first-order valence-electron chi connectivity index (χ1n) is 6.26. The minimum atomic E-state index is 0.145. The number of rotatable bonds is 5. The Bertz CT molecular complexity index is 479. The average Bonchev–Trinajstić information content (AvgIpc) is 2.38. The van der Waals surface area contributed by atoms with Crippen molar-refractivity contribution in [3.63, 3.8) is 0 Å². The molecule has 0 aliphatic heterocycles. The van der Waals surface area contributed by atoms with Gasteiger partial charge in [0.1, 0.15) is 12.4 Å². The summed E-state index contributed by atoms with van der Waals surface area (Å²) in [5.41, 5.74) is 8.19. The molecule has 0 saturated heterocycles. The number of nitrogens with two attached hydrogens (primary N) is 1. The Hall–Kier alpha value is -1.80. The lowest BCUT2D eigenvalue weighted by atomic mass is 10.1. The van der Waals surface area contributed by atoms with Crippen molar-refractivity contribution in [2.24, 2.45) is 5.73 Å². The number of hydrogen-bond donors (Lipinski definition) is 1. The second kappa shape index (κ2) is 6.22. The lowest BCUT2D eigenvalue weighted by Crippen LogP contribution is -2.18. The minimum absolute atomic E-state index is 0.145. The van der Waals surface area contributed by atoms with E-state index in [9.17, 15) is 0 Å². The molecule has 1 unspecified atom stereocenters. The van der Waals surface area contributed by atoms with Crippen LogP contribution in [-0.2, 0) is 13.0 Å². The predicted molar refractivity (Wildman–Crippen MR) is 74.6 cm³/mol. The third kappa shape index (κ3) is 3.60. The highest BCUT2D eigenvalue weighted by atomic mass is 16.5. The average molecular weight is 241 g/mol. The van der Waals surface area contributed by atoms with E-state index in [1.807, 2.05) is 43.3 Å². The van der Waals surface area contributed by atoms with Crippen LogP contribution in [0.2, 0.25) is 0 Å². The predicted octanol–water partition coefficient (Wildman–Crippen LogP) is 3.16. The fourth-order valence-corrected chi connectivity index (χ4v) is 1.90. The van der Waals surface area contributed by atoms with E-state index in [1.165, 1.54) is 11.1 Å². The summed E-state index contributed by atoms with van der Waals surface area (Å²) < 4.78 is 5.87. The van der Waals surface area contributed by atoms with Crippen molar-refractivity contribution in [3.8, 4) is 5.75 Å². The van der Waals surface area contributed by atoms with Gasteiger partial charge in [-0.15, -0.1) is 0 Å². The first kappa shape index (κ1) is 12.7. The summed E-state index contributed by atoms with van der Waals surface area (Å²) in [7, 11) is 0. The van der Waals surface area contributed by atoms with Crippen LogP contribution in [0, 0.1) is 0 Å². The number of benzene rings is 2. The summed E-state index contributed by atoms with van der Waals surface area (Å²) in [4.78, 5) is 0. The van der Waals surface area contributed by atoms with E-state index in [1.54, 1.807) is 0 Å². The van der Waals surface area contributed by atoms with Gasteiger partial charge in [0.05, 0.1) is 0 Å². The van der Waals surface area contributed by atoms with E-state index in [0.717, 1.165) is 12.2 Å². The van der Waals surface area contributed by atoms with E-state index in [-0.39, 0.29) is 6.04 Å². The molecular formula is C16H19NO. The molecule has 18 heavy (non-hydrogen) atoms. The number of hydrogen-bond acceptors (Lipinski definition) is 2. The summed E-state index contributed by atoms with van der Waals surface area (Å²) in [6, 6.07) is 18.4. The molecule has 2 aromatic carbocycles. The largest absolute Gasteiger partial charge is 0.489 e. The third-order valence-corrected chi connectivity index (χ3v) is 2.75. The van der Waals surface area contributed by atoms with Crippen LogP contribution in [0.4, 0.5) is 0 Å². The molecule has 2 heteroatoms. The number of para-hydroxylation sites is 1. The van der Waals surface area contributed by atoms with Crippen LogP contribution < -0.4 is 10.5 Å². The van der Waals surface area contributed by atoms with Crippen molar-refractivity contribution in [2.45, 2.75) is 26.0 Å². The summed E-state index contributed by atoms with van der Waals surface area (Å²) in [6.07, 6.45) is 0.838. The van der Waals surface area contributed by atoms with Gasteiger partial charge < -0.3 is 10.5 Å². The van der Waals surface area contributed by atoms with Gasteiger partial charge in [-0.1, -0.05) is 48.5 Å². The maximum atomic E-state index is 5.87. The smallest absolute Gasteiger partial charge is 0.123 e. The summed E-state index contributed by atoms with van der Waals surface area (Å²) in [5, 5.41) is 0. The summed E-state index contributed by atoms with van der Waals surface area (Å²) in [5.74, 6) is 0.929. The molecule has 1 atom stereocenters. The van der Waals surface area contributed by atoms with Crippen LogP contribution in [0.3, 0.4) is 0 Å². The molecule has 2 nitrogen and oxygen atoms in total. The van der Waals surface area contributed by atoms with Gasteiger partial charge in [-0.2, -0.15) is 0 Å². The Morgan fingerprint density at radius 2 is 1.67 bits per heavy atom. The third-order valence-electron chi connectivity index (χ3n) is 2.75. The Balaban J connectivity index is 2.05. The molecule has 0 bridgehead atoms. The van der Waals surface area contributed by atoms with E-state index in [2.05, 4.69) is 18.2 Å². The van der Waals surface area contributed by atoms with Crippen LogP contribution >= 0.6 is 0 Å². The highest BCUT2D eigenvalue weighted by Crippen LogP contribution is 2.20. The van der Waals surface area contributed by atoms with E-state index >= 15 is 0 Å². The van der Waals surface area contributed by atoms with Gasteiger partial charge in [-0.25, -0.2) is 0 Å². The zero-order valence-corrected chi connectivity index (χ0v) is 10.7. The van der Waals surface area contributed by atoms with Crippen molar-refractivity contribution >= 4 is 0 Å². The second-order valence-corrected chi connectivity index (χ2v) is 4.56. The van der Waals surface area contributed by atoms with Gasteiger partial charge >= 0.3 is 0 Å². The molecule has 2 N–H and O–H groups in total. The molecule has 2 rings (SSSR count). The lowest BCUT2D eigenvalue weighted by Gasteiger charge is -2.13. The molecule has 0 heterocycles. The maximum absolute atomic E-state index is 5.87. The van der Waals surface area contributed by atoms with Crippen LogP contribution in [0.15, 0.2) is 54.6 Å². The van der Waals surface area contributed by atoms with Crippen LogP contribution in [0.25, 0.3) is 0 Å². The molecule has 0 spiro atoms. The summed E-state index contributed by atoms with van der Waals surface area (Å²) >= 11 is 0. The van der Waals surface area contributed by atoms with Crippen molar-refractivity contribution in [2.75, 3.05) is 0 Å². The standard InChI is InChI=1S/C16H19NO/c1-13(17)11-15-9-5-6-10-16(15)18-12-14-7-3-2-4-8-14/h2-10,13H,11-12,17H2,1H3. The first-order valence-corrected chi connectivity index (χ1v) is 6.26.